The highest BCUT2D eigenvalue weighted by atomic mass is 16.1. The summed E-state index contributed by atoms with van der Waals surface area (Å²) in [4.78, 5) is 21.9. The van der Waals surface area contributed by atoms with Crippen LogP contribution in [0.4, 0.5) is 0 Å². The van der Waals surface area contributed by atoms with Crippen LogP contribution in [-0.4, -0.2) is 12.1 Å². The summed E-state index contributed by atoms with van der Waals surface area (Å²) in [7, 11) is 0. The van der Waals surface area contributed by atoms with E-state index in [9.17, 15) is 9.59 Å². The van der Waals surface area contributed by atoms with Crippen molar-refractivity contribution >= 4 is 12.1 Å². The lowest BCUT2D eigenvalue weighted by Gasteiger charge is -2.24. The third kappa shape index (κ3) is 3.29. The summed E-state index contributed by atoms with van der Waals surface area (Å²) in [5.74, 6) is 0.847. The number of rotatable bonds is 6. The van der Waals surface area contributed by atoms with Crippen molar-refractivity contribution in [3.05, 3.63) is 11.1 Å². The summed E-state index contributed by atoms with van der Waals surface area (Å²) in [5, 5.41) is 0. The molecule has 0 N–H and O–H groups in total. The zero-order valence-electron chi connectivity index (χ0n) is 10.4. The van der Waals surface area contributed by atoms with E-state index < -0.39 is 0 Å². The quantitative estimate of drug-likeness (QED) is 0.509. The van der Waals surface area contributed by atoms with E-state index in [1.807, 2.05) is 6.92 Å². The number of allylic oxidation sites excluding steroid dienone is 2. The van der Waals surface area contributed by atoms with Crippen LogP contribution in [0.3, 0.4) is 0 Å². The molecule has 0 aromatic heterocycles. The third-order valence-corrected chi connectivity index (χ3v) is 3.61. The van der Waals surface area contributed by atoms with E-state index >= 15 is 0 Å². The summed E-state index contributed by atoms with van der Waals surface area (Å²) in [6.07, 6.45) is 7.53. The molecule has 90 valence electrons. The van der Waals surface area contributed by atoms with Gasteiger partial charge in [0.2, 0.25) is 0 Å². The number of hydrogen-bond donors (Lipinski definition) is 0. The minimum atomic E-state index is 0.329. The van der Waals surface area contributed by atoms with Crippen LogP contribution < -0.4 is 0 Å². The number of carbonyl (C=O) groups is 2. The van der Waals surface area contributed by atoms with Gasteiger partial charge in [-0.15, -0.1) is 0 Å². The molecular formula is C14H22O2. The monoisotopic (exact) mass is 222 g/mol. The van der Waals surface area contributed by atoms with Crippen molar-refractivity contribution in [2.75, 3.05) is 0 Å². The Balaban J connectivity index is 2.67. The summed E-state index contributed by atoms with van der Waals surface area (Å²) >= 11 is 0. The van der Waals surface area contributed by atoms with Crippen molar-refractivity contribution < 1.29 is 9.59 Å². The Kier molecular flexibility index (Phi) is 5.44. The lowest BCUT2D eigenvalue weighted by molar-refractivity contribution is -0.116. The Labute approximate surface area is 98.1 Å². The molecule has 0 radical (unpaired) electrons. The van der Waals surface area contributed by atoms with Crippen LogP contribution in [0.5, 0.6) is 0 Å². The topological polar surface area (TPSA) is 34.1 Å². The molecular weight excluding hydrogens is 200 g/mol. The minimum Gasteiger partial charge on any atom is -0.303 e. The molecule has 0 aromatic rings. The summed E-state index contributed by atoms with van der Waals surface area (Å²) in [6, 6.07) is 0. The van der Waals surface area contributed by atoms with Crippen LogP contribution in [0.15, 0.2) is 11.1 Å². The Bertz CT molecular complexity index is 289. The molecule has 2 nitrogen and oxygen atoms in total. The maximum atomic E-state index is 11.6. The number of ketones is 1. The second-order valence-corrected chi connectivity index (χ2v) is 4.63. The predicted octanol–water partition coefficient (Wildman–Crippen LogP) is 3.45. The van der Waals surface area contributed by atoms with E-state index in [1.54, 1.807) is 0 Å². The summed E-state index contributed by atoms with van der Waals surface area (Å²) in [5.41, 5.74) is 2.37. The van der Waals surface area contributed by atoms with Gasteiger partial charge in [-0.2, -0.15) is 0 Å². The van der Waals surface area contributed by atoms with E-state index in [0.717, 1.165) is 50.4 Å². The highest BCUT2D eigenvalue weighted by Crippen LogP contribution is 2.32. The lowest BCUT2D eigenvalue weighted by atomic mass is 9.80. The molecule has 0 aromatic carbocycles. The van der Waals surface area contributed by atoms with Crippen LogP contribution >= 0.6 is 0 Å². The maximum absolute atomic E-state index is 11.6. The molecule has 1 aliphatic carbocycles. The number of aldehydes is 1. The van der Waals surface area contributed by atoms with Crippen LogP contribution in [0.2, 0.25) is 0 Å². The van der Waals surface area contributed by atoms with E-state index in [-0.39, 0.29) is 0 Å². The molecule has 0 saturated carbocycles. The van der Waals surface area contributed by atoms with Gasteiger partial charge in [0.15, 0.2) is 5.78 Å². The molecule has 0 unspecified atom stereocenters. The molecule has 1 rings (SSSR count). The number of hydrogen-bond acceptors (Lipinski definition) is 2. The van der Waals surface area contributed by atoms with Gasteiger partial charge in [-0.3, -0.25) is 4.79 Å². The van der Waals surface area contributed by atoms with Gasteiger partial charge in [-0.25, -0.2) is 0 Å². The Morgan fingerprint density at radius 1 is 1.38 bits per heavy atom. The summed E-state index contributed by atoms with van der Waals surface area (Å²) in [6.45, 7) is 4.14. The maximum Gasteiger partial charge on any atom is 0.158 e. The van der Waals surface area contributed by atoms with Crippen LogP contribution in [0.1, 0.15) is 58.8 Å². The highest BCUT2D eigenvalue weighted by Gasteiger charge is 2.21. The first-order chi connectivity index (χ1) is 7.70. The molecule has 16 heavy (non-hydrogen) atoms. The van der Waals surface area contributed by atoms with Gasteiger partial charge in [0.05, 0.1) is 0 Å². The van der Waals surface area contributed by atoms with Gasteiger partial charge < -0.3 is 4.79 Å². The Morgan fingerprint density at radius 3 is 2.75 bits per heavy atom. The van der Waals surface area contributed by atoms with E-state index in [0.29, 0.717) is 18.1 Å². The van der Waals surface area contributed by atoms with Crippen LogP contribution in [-0.2, 0) is 9.59 Å². The number of unbranched alkanes of at least 4 members (excludes halogenated alkanes) is 1. The van der Waals surface area contributed by atoms with Gasteiger partial charge in [0.25, 0.3) is 0 Å². The molecule has 0 heterocycles. The average molecular weight is 222 g/mol. The average Bonchev–Trinajstić information content (AvgIpc) is 2.29. The molecule has 2 heteroatoms. The zero-order valence-corrected chi connectivity index (χ0v) is 10.4. The van der Waals surface area contributed by atoms with Crippen LogP contribution in [0.25, 0.3) is 0 Å². The minimum absolute atomic E-state index is 0.329. The largest absolute Gasteiger partial charge is 0.303 e. The number of Topliss-reactive ketones (excluding diaryl/α,β-unsaturated/α-hetero) is 1. The predicted molar refractivity (Wildman–Crippen MR) is 65.3 cm³/mol. The first-order valence-corrected chi connectivity index (χ1v) is 6.37. The Hall–Kier alpha value is -0.920. The number of carbonyl (C=O) groups excluding carboxylic acids is 2. The fourth-order valence-electron chi connectivity index (χ4n) is 2.58. The Morgan fingerprint density at radius 2 is 2.12 bits per heavy atom. The van der Waals surface area contributed by atoms with Crippen molar-refractivity contribution in [1.82, 2.24) is 0 Å². The van der Waals surface area contributed by atoms with Crippen molar-refractivity contribution in [3.63, 3.8) is 0 Å². The van der Waals surface area contributed by atoms with E-state index in [1.165, 1.54) is 5.57 Å². The first-order valence-electron chi connectivity index (χ1n) is 6.37. The van der Waals surface area contributed by atoms with Gasteiger partial charge in [0, 0.05) is 12.8 Å². The molecule has 1 atom stereocenters. The molecule has 0 bridgehead atoms. The molecule has 0 amide bonds. The highest BCUT2D eigenvalue weighted by molar-refractivity contribution is 5.96. The second-order valence-electron chi connectivity index (χ2n) is 4.63. The van der Waals surface area contributed by atoms with Gasteiger partial charge in [-0.1, -0.05) is 12.5 Å². The molecule has 0 fully saturated rings. The first kappa shape index (κ1) is 13.1. The van der Waals surface area contributed by atoms with E-state index in [2.05, 4.69) is 6.92 Å². The molecule has 1 aliphatic rings. The van der Waals surface area contributed by atoms with Crippen LogP contribution in [0, 0.1) is 5.92 Å². The fourth-order valence-corrected chi connectivity index (χ4v) is 2.58. The standard InChI is InChI=1S/C14H22O2/c1-3-12(7-4-5-10-15)13-8-6-9-14(16)11(13)2/h10,12H,3-9H2,1-2H3/t12-/m0/s1. The van der Waals surface area contributed by atoms with E-state index in [4.69, 9.17) is 0 Å². The molecule has 0 spiro atoms. The zero-order chi connectivity index (χ0) is 12.0. The van der Waals surface area contributed by atoms with Gasteiger partial charge in [0.1, 0.15) is 6.29 Å². The third-order valence-electron chi connectivity index (χ3n) is 3.61. The van der Waals surface area contributed by atoms with Gasteiger partial charge in [-0.05, 0) is 50.5 Å². The normalized spacial score (nSPS) is 18.8. The smallest absolute Gasteiger partial charge is 0.158 e. The second kappa shape index (κ2) is 6.62. The van der Waals surface area contributed by atoms with Crippen molar-refractivity contribution in [1.29, 1.82) is 0 Å². The fraction of sp³-hybridized carbons (Fsp3) is 0.714. The lowest BCUT2D eigenvalue weighted by Crippen LogP contribution is -2.15. The summed E-state index contributed by atoms with van der Waals surface area (Å²) < 4.78 is 0. The molecule has 0 aliphatic heterocycles. The van der Waals surface area contributed by atoms with Crippen molar-refractivity contribution in [2.45, 2.75) is 58.8 Å². The van der Waals surface area contributed by atoms with Crippen molar-refractivity contribution in [2.24, 2.45) is 5.92 Å². The van der Waals surface area contributed by atoms with Gasteiger partial charge >= 0.3 is 0 Å². The molecule has 0 saturated heterocycles. The van der Waals surface area contributed by atoms with Crippen molar-refractivity contribution in [3.8, 4) is 0 Å². The SMILES string of the molecule is CC[C@@H](CCCC=O)C1=C(C)C(=O)CCC1.